The highest BCUT2D eigenvalue weighted by Gasteiger charge is 2.17. The minimum atomic E-state index is -3.06. The van der Waals surface area contributed by atoms with Crippen molar-refractivity contribution in [1.82, 2.24) is 0 Å². The zero-order valence-corrected chi connectivity index (χ0v) is 17.1. The van der Waals surface area contributed by atoms with Gasteiger partial charge in [-0.05, 0) is 72.4 Å². The molecule has 4 heteroatoms. The molecule has 1 aliphatic carbocycles. The summed E-state index contributed by atoms with van der Waals surface area (Å²) < 4.78 is 43.5. The van der Waals surface area contributed by atoms with Gasteiger partial charge in [0, 0.05) is 16.9 Å². The predicted molar refractivity (Wildman–Crippen MR) is 118 cm³/mol. The van der Waals surface area contributed by atoms with Crippen molar-refractivity contribution in [2.75, 3.05) is 0 Å². The molecule has 3 aromatic rings. The van der Waals surface area contributed by atoms with Crippen LogP contribution in [0.2, 0.25) is 0 Å². The number of halogens is 3. The Morgan fingerprint density at radius 2 is 1.65 bits per heavy atom. The van der Waals surface area contributed by atoms with Gasteiger partial charge in [0.05, 0.1) is 0 Å². The summed E-state index contributed by atoms with van der Waals surface area (Å²) in [5.74, 6) is 6.54. The molecule has 1 fully saturated rings. The maximum absolute atomic E-state index is 14.4. The van der Waals surface area contributed by atoms with Crippen LogP contribution >= 0.6 is 0 Å². The third kappa shape index (κ3) is 4.94. The number of hydrogen-bond donors (Lipinski definition) is 0. The Balaban J connectivity index is 1.50. The highest BCUT2D eigenvalue weighted by Crippen LogP contribution is 2.31. The van der Waals surface area contributed by atoms with Crippen molar-refractivity contribution in [2.45, 2.75) is 32.3 Å². The normalized spacial score (nSPS) is 18.5. The summed E-state index contributed by atoms with van der Waals surface area (Å²) in [4.78, 5) is 0. The van der Waals surface area contributed by atoms with E-state index in [1.165, 1.54) is 18.9 Å². The standard InChI is InChI=1S/C27H23F3O/c1-2-18-3-5-19(6-4-18)7-8-20-9-11-21(12-10-20)22-13-15-24-23(17-22)14-16-25(26(24)28)31-27(29)30/h2,9-19,27H,1,3-6H2. The number of ether oxygens (including phenoxy) is 1. The first-order valence-corrected chi connectivity index (χ1v) is 10.4. The minimum absolute atomic E-state index is 0.246. The lowest BCUT2D eigenvalue weighted by molar-refractivity contribution is -0.0520. The van der Waals surface area contributed by atoms with Gasteiger partial charge < -0.3 is 4.74 Å². The van der Waals surface area contributed by atoms with Crippen LogP contribution in [-0.2, 0) is 0 Å². The molecule has 0 unspecified atom stereocenters. The summed E-state index contributed by atoms with van der Waals surface area (Å²) >= 11 is 0. The van der Waals surface area contributed by atoms with E-state index in [2.05, 4.69) is 29.2 Å². The van der Waals surface area contributed by atoms with Crippen LogP contribution in [0.3, 0.4) is 0 Å². The van der Waals surface area contributed by atoms with E-state index in [0.29, 0.717) is 17.2 Å². The average Bonchev–Trinajstić information content (AvgIpc) is 2.80. The molecule has 1 saturated carbocycles. The fourth-order valence-corrected chi connectivity index (χ4v) is 4.07. The molecule has 1 aliphatic rings. The van der Waals surface area contributed by atoms with E-state index in [-0.39, 0.29) is 5.39 Å². The van der Waals surface area contributed by atoms with Gasteiger partial charge in [0.25, 0.3) is 0 Å². The molecule has 0 atom stereocenters. The second-order valence-electron chi connectivity index (χ2n) is 7.89. The lowest BCUT2D eigenvalue weighted by atomic mass is 9.82. The van der Waals surface area contributed by atoms with Crippen molar-refractivity contribution in [1.29, 1.82) is 0 Å². The molecule has 1 nitrogen and oxygen atoms in total. The molecule has 0 spiro atoms. The molecule has 0 amide bonds. The highest BCUT2D eigenvalue weighted by molar-refractivity contribution is 5.89. The van der Waals surface area contributed by atoms with Gasteiger partial charge in [-0.1, -0.05) is 48.2 Å². The zero-order chi connectivity index (χ0) is 21.8. The van der Waals surface area contributed by atoms with Crippen molar-refractivity contribution in [2.24, 2.45) is 11.8 Å². The Bertz CT molecular complexity index is 1130. The SMILES string of the molecule is C=CC1CCC(C#Cc2ccc(-c3ccc4c(F)c(OC(F)F)ccc4c3)cc2)CC1. The largest absolute Gasteiger partial charge is 0.432 e. The second-order valence-corrected chi connectivity index (χ2v) is 7.89. The molecule has 0 aromatic heterocycles. The average molecular weight is 420 g/mol. The summed E-state index contributed by atoms with van der Waals surface area (Å²) in [6, 6.07) is 16.0. The van der Waals surface area contributed by atoms with E-state index >= 15 is 0 Å². The summed E-state index contributed by atoms with van der Waals surface area (Å²) in [6.45, 7) is 0.824. The topological polar surface area (TPSA) is 9.23 Å². The van der Waals surface area contributed by atoms with Gasteiger partial charge in [-0.2, -0.15) is 8.78 Å². The Morgan fingerprint density at radius 1 is 0.935 bits per heavy atom. The fraction of sp³-hybridized carbons (Fsp3) is 0.259. The van der Waals surface area contributed by atoms with Crippen molar-refractivity contribution in [3.63, 3.8) is 0 Å². The van der Waals surface area contributed by atoms with E-state index in [9.17, 15) is 13.2 Å². The summed E-state index contributed by atoms with van der Waals surface area (Å²) in [5, 5.41) is 0.867. The third-order valence-corrected chi connectivity index (χ3v) is 5.88. The van der Waals surface area contributed by atoms with Gasteiger partial charge in [-0.15, -0.1) is 6.58 Å². The van der Waals surface area contributed by atoms with Crippen LogP contribution in [0.5, 0.6) is 5.75 Å². The number of fused-ring (bicyclic) bond motifs is 1. The maximum Gasteiger partial charge on any atom is 0.387 e. The molecule has 0 bridgehead atoms. The van der Waals surface area contributed by atoms with Crippen LogP contribution in [-0.4, -0.2) is 6.61 Å². The molecule has 3 aromatic carbocycles. The number of alkyl halides is 2. The van der Waals surface area contributed by atoms with Crippen molar-refractivity contribution < 1.29 is 17.9 Å². The lowest BCUT2D eigenvalue weighted by Gasteiger charge is -2.22. The zero-order valence-electron chi connectivity index (χ0n) is 17.1. The van der Waals surface area contributed by atoms with Crippen LogP contribution in [0.1, 0.15) is 31.2 Å². The van der Waals surface area contributed by atoms with Crippen LogP contribution in [0, 0.1) is 29.5 Å². The van der Waals surface area contributed by atoms with E-state index in [1.807, 2.05) is 30.3 Å². The Kier molecular flexibility index (Phi) is 6.32. The van der Waals surface area contributed by atoms with Crippen LogP contribution in [0.15, 0.2) is 67.3 Å². The first-order chi connectivity index (χ1) is 15.0. The molecule has 0 radical (unpaired) electrons. The van der Waals surface area contributed by atoms with Gasteiger partial charge in [-0.3, -0.25) is 0 Å². The Hall–Kier alpha value is -3.19. The first-order valence-electron chi connectivity index (χ1n) is 10.4. The van der Waals surface area contributed by atoms with Crippen LogP contribution in [0.4, 0.5) is 13.2 Å². The van der Waals surface area contributed by atoms with Crippen molar-refractivity contribution >= 4 is 10.8 Å². The monoisotopic (exact) mass is 420 g/mol. The molecule has 0 saturated heterocycles. The summed E-state index contributed by atoms with van der Waals surface area (Å²) in [6.07, 6.45) is 6.64. The van der Waals surface area contributed by atoms with Gasteiger partial charge in [0.15, 0.2) is 11.6 Å². The van der Waals surface area contributed by atoms with E-state index < -0.39 is 18.2 Å². The molecule has 158 valence electrons. The van der Waals surface area contributed by atoms with Gasteiger partial charge >= 0.3 is 6.61 Å². The number of hydrogen-bond acceptors (Lipinski definition) is 1. The Morgan fingerprint density at radius 3 is 2.32 bits per heavy atom. The Labute approximate surface area is 180 Å². The molecule has 4 rings (SSSR count). The molecular formula is C27H23F3O. The van der Waals surface area contributed by atoms with Crippen LogP contribution in [0.25, 0.3) is 21.9 Å². The minimum Gasteiger partial charge on any atom is -0.432 e. The van der Waals surface area contributed by atoms with Gasteiger partial charge in [0.1, 0.15) is 0 Å². The van der Waals surface area contributed by atoms with Crippen LogP contribution < -0.4 is 4.74 Å². The molecular weight excluding hydrogens is 397 g/mol. The highest BCUT2D eigenvalue weighted by atomic mass is 19.3. The van der Waals surface area contributed by atoms with E-state index in [1.54, 1.807) is 18.2 Å². The van der Waals surface area contributed by atoms with E-state index in [0.717, 1.165) is 29.5 Å². The summed E-state index contributed by atoms with van der Waals surface area (Å²) in [5.41, 5.74) is 2.86. The smallest absolute Gasteiger partial charge is 0.387 e. The third-order valence-electron chi connectivity index (χ3n) is 5.88. The van der Waals surface area contributed by atoms with E-state index in [4.69, 9.17) is 0 Å². The summed E-state index contributed by atoms with van der Waals surface area (Å²) in [7, 11) is 0. The molecule has 31 heavy (non-hydrogen) atoms. The number of benzene rings is 3. The molecule has 0 N–H and O–H groups in total. The first kappa shape index (κ1) is 21.1. The number of rotatable bonds is 4. The fourth-order valence-electron chi connectivity index (χ4n) is 4.07. The lowest BCUT2D eigenvalue weighted by Crippen LogP contribution is -2.11. The van der Waals surface area contributed by atoms with Crippen molar-refractivity contribution in [3.05, 3.63) is 78.6 Å². The van der Waals surface area contributed by atoms with Gasteiger partial charge in [-0.25, -0.2) is 4.39 Å². The molecule has 0 heterocycles. The maximum atomic E-state index is 14.4. The predicted octanol–water partition coefficient (Wildman–Crippen LogP) is 7.59. The number of allylic oxidation sites excluding steroid dienone is 1. The quantitative estimate of drug-likeness (QED) is 0.312. The second kappa shape index (κ2) is 9.31. The van der Waals surface area contributed by atoms with Gasteiger partial charge in [0.2, 0.25) is 0 Å². The molecule has 0 aliphatic heterocycles. The van der Waals surface area contributed by atoms with Crippen molar-refractivity contribution in [3.8, 4) is 28.7 Å².